The Labute approximate surface area is 175 Å². The van der Waals surface area contributed by atoms with Crippen LogP contribution in [0.5, 0.6) is 0 Å². The van der Waals surface area contributed by atoms with Crippen molar-refractivity contribution in [3.05, 3.63) is 51.2 Å². The van der Waals surface area contributed by atoms with E-state index < -0.39 is 0 Å². The average molecular weight is 413 g/mol. The summed E-state index contributed by atoms with van der Waals surface area (Å²) in [6.45, 7) is 4.93. The van der Waals surface area contributed by atoms with Gasteiger partial charge in [0, 0.05) is 28.8 Å². The van der Waals surface area contributed by atoms with Gasteiger partial charge in [-0.2, -0.15) is 0 Å². The minimum Gasteiger partial charge on any atom is -0.451 e. The second kappa shape index (κ2) is 9.09. The van der Waals surface area contributed by atoms with E-state index in [0.29, 0.717) is 24.5 Å². The molecule has 0 aliphatic heterocycles. The molecule has 1 aromatic carbocycles. The van der Waals surface area contributed by atoms with E-state index in [1.807, 2.05) is 49.4 Å². The fourth-order valence-corrected chi connectivity index (χ4v) is 4.91. The van der Waals surface area contributed by atoms with Crippen molar-refractivity contribution in [1.29, 1.82) is 0 Å². The highest BCUT2D eigenvalue weighted by Crippen LogP contribution is 2.28. The summed E-state index contributed by atoms with van der Waals surface area (Å²) in [5, 5.41) is 5.14. The third-order valence-electron chi connectivity index (χ3n) is 5.21. The maximum Gasteiger partial charge on any atom is 0.287 e. The molecule has 0 radical (unpaired) electrons. The number of furan rings is 1. The molecule has 0 saturated heterocycles. The number of carbonyl (C=O) groups is 1. The molecule has 3 aromatic rings. The van der Waals surface area contributed by atoms with E-state index in [1.165, 1.54) is 34.8 Å². The highest BCUT2D eigenvalue weighted by atomic mass is 32.1. The van der Waals surface area contributed by atoms with E-state index in [9.17, 15) is 4.79 Å². The molecule has 6 heteroatoms. The number of fused-ring (bicyclic) bond motifs is 2. The van der Waals surface area contributed by atoms with Gasteiger partial charge in [-0.3, -0.25) is 4.79 Å². The Morgan fingerprint density at radius 1 is 1.28 bits per heavy atom. The molecule has 0 fully saturated rings. The van der Waals surface area contributed by atoms with Crippen molar-refractivity contribution in [2.24, 2.45) is 0 Å². The van der Waals surface area contributed by atoms with Crippen LogP contribution < -0.4 is 5.32 Å². The molecule has 0 saturated carbocycles. The highest BCUT2D eigenvalue weighted by Gasteiger charge is 2.21. The quantitative estimate of drug-likeness (QED) is 0.526. The standard InChI is InChI=1S/C23H28N2O3S/c1-15(2)27-14-17-16-8-3-5-10-19(16)28-22(17)23(26)24-13-7-12-21-25-18-9-4-6-11-20(18)29-21/h3,5,8,10,15H,4,6-7,9,11-14H2,1-2H3,(H,24,26). The summed E-state index contributed by atoms with van der Waals surface area (Å²) < 4.78 is 11.6. The molecule has 0 unspecified atom stereocenters. The van der Waals surface area contributed by atoms with E-state index >= 15 is 0 Å². The van der Waals surface area contributed by atoms with Crippen molar-refractivity contribution >= 4 is 28.2 Å². The molecule has 2 aromatic heterocycles. The maximum absolute atomic E-state index is 12.8. The molecule has 1 aliphatic carbocycles. The second-order valence-electron chi connectivity index (χ2n) is 7.81. The van der Waals surface area contributed by atoms with Crippen molar-refractivity contribution in [2.75, 3.05) is 6.54 Å². The molecule has 0 bridgehead atoms. The number of nitrogens with zero attached hydrogens (tertiary/aromatic N) is 1. The van der Waals surface area contributed by atoms with Gasteiger partial charge >= 0.3 is 0 Å². The van der Waals surface area contributed by atoms with Crippen LogP contribution >= 0.6 is 11.3 Å². The molecule has 1 aliphatic rings. The van der Waals surface area contributed by atoms with Gasteiger partial charge in [0.1, 0.15) is 5.58 Å². The Hall–Kier alpha value is -2.18. The van der Waals surface area contributed by atoms with E-state index in [2.05, 4.69) is 5.32 Å². The number of hydrogen-bond donors (Lipinski definition) is 1. The number of para-hydroxylation sites is 1. The first-order chi connectivity index (χ1) is 14.1. The van der Waals surface area contributed by atoms with Crippen LogP contribution in [0.2, 0.25) is 0 Å². The van der Waals surface area contributed by atoms with Gasteiger partial charge in [0.2, 0.25) is 0 Å². The van der Waals surface area contributed by atoms with Crippen LogP contribution in [0.25, 0.3) is 11.0 Å². The molecule has 4 rings (SSSR count). The molecular formula is C23H28N2O3S. The number of aryl methyl sites for hydroxylation is 3. The van der Waals surface area contributed by atoms with E-state index in [4.69, 9.17) is 14.1 Å². The van der Waals surface area contributed by atoms with Gasteiger partial charge < -0.3 is 14.5 Å². The minimum absolute atomic E-state index is 0.0868. The normalized spacial score (nSPS) is 13.8. The predicted octanol–water partition coefficient (Wildman–Crippen LogP) is 5.06. The van der Waals surface area contributed by atoms with Crippen LogP contribution in [0, 0.1) is 0 Å². The van der Waals surface area contributed by atoms with Gasteiger partial charge in [-0.25, -0.2) is 4.98 Å². The number of thiazole rings is 1. The maximum atomic E-state index is 12.8. The molecule has 0 spiro atoms. The average Bonchev–Trinajstić information content (AvgIpc) is 3.30. The lowest BCUT2D eigenvalue weighted by atomic mass is 10.0. The van der Waals surface area contributed by atoms with Gasteiger partial charge in [0.15, 0.2) is 5.76 Å². The number of aromatic nitrogens is 1. The number of benzene rings is 1. The summed E-state index contributed by atoms with van der Waals surface area (Å²) in [6.07, 6.45) is 6.70. The van der Waals surface area contributed by atoms with Gasteiger partial charge in [0.25, 0.3) is 5.91 Å². The van der Waals surface area contributed by atoms with E-state index in [-0.39, 0.29) is 12.0 Å². The fraction of sp³-hybridized carbons (Fsp3) is 0.478. The monoisotopic (exact) mass is 412 g/mol. The zero-order chi connectivity index (χ0) is 20.2. The number of nitrogens with one attached hydrogen (secondary N) is 1. The van der Waals surface area contributed by atoms with Crippen LogP contribution in [0.15, 0.2) is 28.7 Å². The lowest BCUT2D eigenvalue weighted by molar-refractivity contribution is 0.0643. The smallest absolute Gasteiger partial charge is 0.287 e. The Balaban J connectivity index is 1.37. The molecule has 0 atom stereocenters. The van der Waals surface area contributed by atoms with Crippen LogP contribution in [0.3, 0.4) is 0 Å². The Kier molecular flexibility index (Phi) is 6.31. The number of carbonyl (C=O) groups excluding carboxylic acids is 1. The van der Waals surface area contributed by atoms with E-state index in [0.717, 1.165) is 30.2 Å². The molecule has 1 amide bonds. The summed E-state index contributed by atoms with van der Waals surface area (Å²) in [7, 11) is 0. The van der Waals surface area contributed by atoms with Crippen LogP contribution in [0.4, 0.5) is 0 Å². The molecule has 1 N–H and O–H groups in total. The number of rotatable bonds is 8. The Bertz CT molecular complexity index is 966. The Morgan fingerprint density at radius 3 is 2.93 bits per heavy atom. The lowest BCUT2D eigenvalue weighted by Crippen LogP contribution is -2.25. The second-order valence-corrected chi connectivity index (χ2v) is 8.98. The molecular weight excluding hydrogens is 384 g/mol. The highest BCUT2D eigenvalue weighted by molar-refractivity contribution is 7.11. The van der Waals surface area contributed by atoms with Crippen LogP contribution in [-0.4, -0.2) is 23.5 Å². The third kappa shape index (κ3) is 4.70. The number of amides is 1. The number of ether oxygens (including phenoxy) is 1. The SMILES string of the molecule is CC(C)OCc1c(C(=O)NCCCc2nc3c(s2)CCCC3)oc2ccccc12. The number of hydrogen-bond acceptors (Lipinski definition) is 5. The van der Waals surface area contributed by atoms with Crippen molar-refractivity contribution in [1.82, 2.24) is 10.3 Å². The zero-order valence-corrected chi connectivity index (χ0v) is 17.9. The summed E-state index contributed by atoms with van der Waals surface area (Å²) in [6, 6.07) is 7.72. The van der Waals surface area contributed by atoms with Gasteiger partial charge in [-0.15, -0.1) is 11.3 Å². The van der Waals surface area contributed by atoms with Crippen molar-refractivity contribution in [2.45, 2.75) is 65.1 Å². The molecule has 5 nitrogen and oxygen atoms in total. The van der Waals surface area contributed by atoms with Gasteiger partial charge in [-0.1, -0.05) is 18.2 Å². The largest absolute Gasteiger partial charge is 0.451 e. The topological polar surface area (TPSA) is 64.4 Å². The lowest BCUT2D eigenvalue weighted by Gasteiger charge is -2.08. The first kappa shape index (κ1) is 20.1. The molecule has 2 heterocycles. The first-order valence-electron chi connectivity index (χ1n) is 10.5. The molecule has 154 valence electrons. The van der Waals surface area contributed by atoms with Crippen LogP contribution in [-0.2, 0) is 30.6 Å². The summed E-state index contributed by atoms with van der Waals surface area (Å²) in [4.78, 5) is 19.0. The summed E-state index contributed by atoms with van der Waals surface area (Å²) >= 11 is 1.85. The minimum atomic E-state index is -0.179. The van der Waals surface area contributed by atoms with Crippen molar-refractivity contribution in [3.63, 3.8) is 0 Å². The summed E-state index contributed by atoms with van der Waals surface area (Å²) in [5.74, 6) is 0.179. The van der Waals surface area contributed by atoms with Crippen LogP contribution in [0.1, 0.15) is 64.8 Å². The third-order valence-corrected chi connectivity index (χ3v) is 6.43. The van der Waals surface area contributed by atoms with Crippen molar-refractivity contribution < 1.29 is 13.9 Å². The zero-order valence-electron chi connectivity index (χ0n) is 17.1. The Morgan fingerprint density at radius 2 is 2.10 bits per heavy atom. The fourth-order valence-electron chi connectivity index (χ4n) is 3.71. The summed E-state index contributed by atoms with van der Waals surface area (Å²) in [5.41, 5.74) is 2.84. The molecule has 29 heavy (non-hydrogen) atoms. The van der Waals surface area contributed by atoms with Gasteiger partial charge in [-0.05, 0) is 52.0 Å². The van der Waals surface area contributed by atoms with Crippen molar-refractivity contribution in [3.8, 4) is 0 Å². The predicted molar refractivity (Wildman–Crippen MR) is 116 cm³/mol. The van der Waals surface area contributed by atoms with Gasteiger partial charge in [0.05, 0.1) is 23.4 Å². The van der Waals surface area contributed by atoms with E-state index in [1.54, 1.807) is 0 Å². The first-order valence-corrected chi connectivity index (χ1v) is 11.3.